The summed E-state index contributed by atoms with van der Waals surface area (Å²) in [5.74, 6) is 1.12. The van der Waals surface area contributed by atoms with E-state index in [2.05, 4.69) is 0 Å². The minimum absolute atomic E-state index is 0.124. The Hall–Kier alpha value is -2.70. The number of rotatable bonds is 7. The van der Waals surface area contributed by atoms with Crippen LogP contribution in [0.3, 0.4) is 0 Å². The van der Waals surface area contributed by atoms with Gasteiger partial charge in [-0.2, -0.15) is 0 Å². The SMILES string of the molecule is COc1ccc(CN(c2ccccc2)S(=O)(=O)c2cccc(Cl)c2C)cc1OC. The number of sulfonamides is 1. The first-order chi connectivity index (χ1) is 13.9. The number of hydrogen-bond donors (Lipinski definition) is 0. The highest BCUT2D eigenvalue weighted by Crippen LogP contribution is 2.32. The summed E-state index contributed by atoms with van der Waals surface area (Å²) in [6.45, 7) is 1.83. The Morgan fingerprint density at radius 3 is 2.24 bits per heavy atom. The van der Waals surface area contributed by atoms with Gasteiger partial charge in [-0.3, -0.25) is 4.31 Å². The van der Waals surface area contributed by atoms with Crippen LogP contribution in [0.1, 0.15) is 11.1 Å². The molecular weight excluding hydrogens is 410 g/mol. The summed E-state index contributed by atoms with van der Waals surface area (Å²) in [5.41, 5.74) is 1.83. The average molecular weight is 432 g/mol. The van der Waals surface area contributed by atoms with Gasteiger partial charge >= 0.3 is 0 Å². The highest BCUT2D eigenvalue weighted by atomic mass is 35.5. The number of hydrogen-bond acceptors (Lipinski definition) is 4. The summed E-state index contributed by atoms with van der Waals surface area (Å²) in [6, 6.07) is 19.2. The van der Waals surface area contributed by atoms with Crippen molar-refractivity contribution in [2.24, 2.45) is 0 Å². The molecular formula is C22H22ClNO4S. The van der Waals surface area contributed by atoms with Crippen molar-refractivity contribution in [1.29, 1.82) is 0 Å². The van der Waals surface area contributed by atoms with Gasteiger partial charge in [0.05, 0.1) is 31.3 Å². The van der Waals surface area contributed by atoms with Crippen LogP contribution < -0.4 is 13.8 Å². The van der Waals surface area contributed by atoms with E-state index in [1.54, 1.807) is 75.7 Å². The molecule has 0 N–H and O–H groups in total. The van der Waals surface area contributed by atoms with E-state index in [0.29, 0.717) is 27.8 Å². The van der Waals surface area contributed by atoms with Gasteiger partial charge in [-0.1, -0.05) is 41.9 Å². The third kappa shape index (κ3) is 4.33. The second-order valence-electron chi connectivity index (χ2n) is 6.40. The first-order valence-electron chi connectivity index (χ1n) is 8.92. The lowest BCUT2D eigenvalue weighted by Gasteiger charge is -2.26. The Bertz CT molecular complexity index is 1100. The van der Waals surface area contributed by atoms with Gasteiger partial charge in [-0.25, -0.2) is 8.42 Å². The van der Waals surface area contributed by atoms with E-state index in [0.717, 1.165) is 5.56 Å². The molecule has 0 aliphatic carbocycles. The Kier molecular flexibility index (Phi) is 6.35. The lowest BCUT2D eigenvalue weighted by molar-refractivity contribution is 0.354. The van der Waals surface area contributed by atoms with Crippen LogP contribution in [0, 0.1) is 6.92 Å². The lowest BCUT2D eigenvalue weighted by atomic mass is 10.2. The molecule has 0 unspecified atom stereocenters. The van der Waals surface area contributed by atoms with Crippen LogP contribution in [0.25, 0.3) is 0 Å². The summed E-state index contributed by atoms with van der Waals surface area (Å²) >= 11 is 6.19. The summed E-state index contributed by atoms with van der Waals surface area (Å²) in [7, 11) is -0.764. The van der Waals surface area contributed by atoms with Crippen molar-refractivity contribution in [2.75, 3.05) is 18.5 Å². The zero-order chi connectivity index (χ0) is 21.0. The quantitative estimate of drug-likeness (QED) is 0.524. The molecule has 152 valence electrons. The zero-order valence-corrected chi connectivity index (χ0v) is 18.0. The fourth-order valence-corrected chi connectivity index (χ4v) is 4.97. The molecule has 0 saturated heterocycles. The third-order valence-electron chi connectivity index (χ3n) is 4.60. The van der Waals surface area contributed by atoms with Crippen LogP contribution in [-0.2, 0) is 16.6 Å². The van der Waals surface area contributed by atoms with Gasteiger partial charge in [0.1, 0.15) is 0 Å². The molecule has 5 nitrogen and oxygen atoms in total. The minimum atomic E-state index is -3.86. The van der Waals surface area contributed by atoms with Crippen LogP contribution in [0.15, 0.2) is 71.6 Å². The smallest absolute Gasteiger partial charge is 0.264 e. The van der Waals surface area contributed by atoms with Crippen molar-refractivity contribution in [3.8, 4) is 11.5 Å². The van der Waals surface area contributed by atoms with Gasteiger partial charge < -0.3 is 9.47 Å². The molecule has 0 aliphatic heterocycles. The third-order valence-corrected chi connectivity index (χ3v) is 6.93. The number of halogens is 1. The maximum Gasteiger partial charge on any atom is 0.264 e. The monoisotopic (exact) mass is 431 g/mol. The summed E-state index contributed by atoms with van der Waals surface area (Å²) in [6.07, 6.45) is 0. The van der Waals surface area contributed by atoms with Gasteiger partial charge in [0, 0.05) is 5.02 Å². The molecule has 3 aromatic rings. The molecule has 0 fully saturated rings. The molecule has 0 saturated carbocycles. The number of nitrogens with zero attached hydrogens (tertiary/aromatic N) is 1. The first kappa shape index (κ1) is 21.0. The van der Waals surface area contributed by atoms with Crippen molar-refractivity contribution in [3.05, 3.63) is 82.9 Å². The molecule has 29 heavy (non-hydrogen) atoms. The molecule has 0 heterocycles. The normalized spacial score (nSPS) is 11.2. The van der Waals surface area contributed by atoms with Crippen LogP contribution in [0.5, 0.6) is 11.5 Å². The molecule has 0 atom stereocenters. The Labute approximate surface area is 176 Å². The molecule has 0 amide bonds. The van der Waals surface area contributed by atoms with Crippen molar-refractivity contribution in [2.45, 2.75) is 18.4 Å². The van der Waals surface area contributed by atoms with Gasteiger partial charge in [-0.15, -0.1) is 0 Å². The van der Waals surface area contributed by atoms with Gasteiger partial charge in [-0.05, 0) is 54.4 Å². The molecule has 0 aromatic heterocycles. The maximum atomic E-state index is 13.6. The summed E-state index contributed by atoms with van der Waals surface area (Å²) in [4.78, 5) is 0.175. The van der Waals surface area contributed by atoms with Crippen molar-refractivity contribution in [3.63, 3.8) is 0 Å². The topological polar surface area (TPSA) is 55.8 Å². The Balaban J connectivity index is 2.10. The van der Waals surface area contributed by atoms with Crippen LogP contribution >= 0.6 is 11.6 Å². The van der Waals surface area contributed by atoms with Crippen LogP contribution in [0.4, 0.5) is 5.69 Å². The van der Waals surface area contributed by atoms with E-state index >= 15 is 0 Å². The predicted molar refractivity (Wildman–Crippen MR) is 116 cm³/mol. The molecule has 0 spiro atoms. The van der Waals surface area contributed by atoms with E-state index < -0.39 is 10.0 Å². The number of anilines is 1. The number of benzene rings is 3. The lowest BCUT2D eigenvalue weighted by Crippen LogP contribution is -2.31. The van der Waals surface area contributed by atoms with Gasteiger partial charge in [0.2, 0.25) is 0 Å². The van der Waals surface area contributed by atoms with Crippen molar-refractivity contribution >= 4 is 27.3 Å². The first-order valence-corrected chi connectivity index (χ1v) is 10.7. The summed E-state index contributed by atoms with van der Waals surface area (Å²) in [5, 5.41) is 0.408. The fourth-order valence-electron chi connectivity index (χ4n) is 3.04. The van der Waals surface area contributed by atoms with E-state index in [4.69, 9.17) is 21.1 Å². The standard InChI is InChI=1S/C22H22ClNO4S/c1-16-19(23)10-7-11-22(16)29(25,26)24(18-8-5-4-6-9-18)15-17-12-13-20(27-2)21(14-17)28-3/h4-14H,15H2,1-3H3. The number of methoxy groups -OCH3 is 2. The zero-order valence-electron chi connectivity index (χ0n) is 16.4. The molecule has 0 bridgehead atoms. The van der Waals surface area contributed by atoms with E-state index in [1.807, 2.05) is 12.1 Å². The highest BCUT2D eigenvalue weighted by Gasteiger charge is 2.27. The molecule has 0 radical (unpaired) electrons. The Morgan fingerprint density at radius 2 is 1.59 bits per heavy atom. The van der Waals surface area contributed by atoms with Gasteiger partial charge in [0.25, 0.3) is 10.0 Å². The van der Waals surface area contributed by atoms with Gasteiger partial charge in [0.15, 0.2) is 11.5 Å². The average Bonchev–Trinajstić information content (AvgIpc) is 2.74. The number of para-hydroxylation sites is 1. The van der Waals surface area contributed by atoms with Crippen LogP contribution in [0.2, 0.25) is 5.02 Å². The van der Waals surface area contributed by atoms with E-state index in [1.165, 1.54) is 4.31 Å². The maximum absolute atomic E-state index is 13.6. The van der Waals surface area contributed by atoms with Crippen molar-refractivity contribution < 1.29 is 17.9 Å². The van der Waals surface area contributed by atoms with E-state index in [9.17, 15) is 8.42 Å². The second-order valence-corrected chi connectivity index (χ2v) is 8.64. The summed E-state index contributed by atoms with van der Waals surface area (Å²) < 4.78 is 39.2. The van der Waals surface area contributed by atoms with Crippen LogP contribution in [-0.4, -0.2) is 22.6 Å². The number of ether oxygens (including phenoxy) is 2. The molecule has 3 aromatic carbocycles. The molecule has 7 heteroatoms. The highest BCUT2D eigenvalue weighted by molar-refractivity contribution is 7.92. The fraction of sp³-hybridized carbons (Fsp3) is 0.182. The Morgan fingerprint density at radius 1 is 0.897 bits per heavy atom. The second kappa shape index (κ2) is 8.76. The molecule has 0 aliphatic rings. The predicted octanol–water partition coefficient (Wildman–Crippen LogP) is 5.06. The molecule has 3 rings (SSSR count). The largest absolute Gasteiger partial charge is 0.493 e. The van der Waals surface area contributed by atoms with E-state index in [-0.39, 0.29) is 11.4 Å². The van der Waals surface area contributed by atoms with Crippen molar-refractivity contribution in [1.82, 2.24) is 0 Å². The minimum Gasteiger partial charge on any atom is -0.493 e.